The maximum Gasteiger partial charge on any atom is 0.469 e. The zero-order chi connectivity index (χ0) is 22.9. The van der Waals surface area contributed by atoms with Crippen LogP contribution in [0.4, 0.5) is 20.8 Å². The number of hydrogen-bond acceptors (Lipinski definition) is 8. The van der Waals surface area contributed by atoms with Crippen LogP contribution in [0.3, 0.4) is 0 Å². The molecule has 1 atom stereocenters. The van der Waals surface area contributed by atoms with Crippen LogP contribution in [0.2, 0.25) is 0 Å². The van der Waals surface area contributed by atoms with Crippen molar-refractivity contribution in [1.29, 1.82) is 0 Å². The minimum absolute atomic E-state index is 0.0456. The first-order chi connectivity index (χ1) is 15.2. The van der Waals surface area contributed by atoms with Crippen LogP contribution in [-0.2, 0) is 24.6 Å². The molecule has 11 nitrogen and oxygen atoms in total. The zero-order valence-corrected chi connectivity index (χ0v) is 18.4. The molecule has 1 aromatic heterocycles. The molecule has 0 saturated carbocycles. The monoisotopic (exact) mass is 486 g/mol. The van der Waals surface area contributed by atoms with Crippen molar-refractivity contribution in [3.05, 3.63) is 36.4 Å². The van der Waals surface area contributed by atoms with Crippen LogP contribution < -0.4 is 9.80 Å². The number of anilines is 2. The van der Waals surface area contributed by atoms with Gasteiger partial charge in [-0.05, 0) is 18.2 Å². The van der Waals surface area contributed by atoms with Gasteiger partial charge in [-0.2, -0.15) is 0 Å². The van der Waals surface area contributed by atoms with Crippen molar-refractivity contribution in [2.45, 2.75) is 6.10 Å². The van der Waals surface area contributed by atoms with Crippen LogP contribution in [0, 0.1) is 5.82 Å². The number of aromatic nitrogens is 2. The molecular formula is C18H20FN4O7PS. The van der Waals surface area contributed by atoms with E-state index in [4.69, 9.17) is 14.5 Å². The molecule has 3 heterocycles. The predicted octanol–water partition coefficient (Wildman–Crippen LogP) is 1.29. The van der Waals surface area contributed by atoms with Crippen LogP contribution >= 0.6 is 7.82 Å². The first-order valence-corrected chi connectivity index (χ1v) is 12.6. The first-order valence-electron chi connectivity index (χ1n) is 9.60. The number of hydrogen-bond donors (Lipinski definition) is 2. The number of cyclic esters (lactones) is 1. The molecule has 32 heavy (non-hydrogen) atoms. The molecule has 2 N–H and O–H groups in total. The molecule has 0 radical (unpaired) electrons. The third-order valence-corrected chi connectivity index (χ3v) is 6.74. The third kappa shape index (κ3) is 5.30. The average Bonchev–Trinajstić information content (AvgIpc) is 3.13. The van der Waals surface area contributed by atoms with Crippen LogP contribution in [0.15, 0.2) is 30.6 Å². The van der Waals surface area contributed by atoms with Crippen LogP contribution in [-0.4, -0.2) is 73.9 Å². The van der Waals surface area contributed by atoms with E-state index >= 15 is 0 Å². The summed E-state index contributed by atoms with van der Waals surface area (Å²) >= 11 is 0. The molecule has 1 aromatic carbocycles. The molecule has 2 aromatic rings. The van der Waals surface area contributed by atoms with E-state index in [2.05, 4.69) is 14.5 Å². The number of rotatable bonds is 6. The van der Waals surface area contributed by atoms with Gasteiger partial charge in [0.2, 0.25) is 5.95 Å². The maximum absolute atomic E-state index is 14.8. The van der Waals surface area contributed by atoms with Gasteiger partial charge in [-0.3, -0.25) is 13.6 Å². The highest BCUT2D eigenvalue weighted by atomic mass is 32.2. The number of phosphoric ester groups is 1. The van der Waals surface area contributed by atoms with Crippen molar-refractivity contribution in [2.75, 3.05) is 47.5 Å². The Balaban J connectivity index is 1.45. The van der Waals surface area contributed by atoms with E-state index in [1.807, 2.05) is 4.90 Å². The molecule has 2 aliphatic heterocycles. The molecule has 0 bridgehead atoms. The van der Waals surface area contributed by atoms with Gasteiger partial charge in [-0.1, -0.05) is 0 Å². The van der Waals surface area contributed by atoms with E-state index in [-0.39, 0.29) is 17.8 Å². The smallest absolute Gasteiger partial charge is 0.441 e. The molecule has 172 valence electrons. The van der Waals surface area contributed by atoms with Crippen LogP contribution in [0.5, 0.6) is 0 Å². The topological polar surface area (TPSA) is 142 Å². The summed E-state index contributed by atoms with van der Waals surface area (Å²) in [5.41, 5.74) is 0.929. The molecule has 0 unspecified atom stereocenters. The second-order valence-electron chi connectivity index (χ2n) is 7.17. The van der Waals surface area contributed by atoms with Gasteiger partial charge < -0.3 is 19.4 Å². The lowest BCUT2D eigenvalue weighted by Gasteiger charge is -2.26. The van der Waals surface area contributed by atoms with Gasteiger partial charge in [0.05, 0.1) is 18.8 Å². The van der Waals surface area contributed by atoms with E-state index < -0.39 is 43.2 Å². The summed E-state index contributed by atoms with van der Waals surface area (Å²) in [5.74, 6) is 1.01. The van der Waals surface area contributed by atoms with Gasteiger partial charge in [0, 0.05) is 58.9 Å². The summed E-state index contributed by atoms with van der Waals surface area (Å²) < 4.78 is 46.5. The SMILES string of the molecule is O=C1O[C@@H](COP(=O)(O)O)CN1c1ccc(-c2cnc(N3CCS(=O)CC3)nc2)c(F)c1. The summed E-state index contributed by atoms with van der Waals surface area (Å²) in [6, 6.07) is 4.18. The Labute approximate surface area is 184 Å². The number of phosphoric acid groups is 1. The normalized spacial score (nSPS) is 20.0. The Morgan fingerprint density at radius 3 is 2.56 bits per heavy atom. The van der Waals surface area contributed by atoms with Gasteiger partial charge in [0.25, 0.3) is 0 Å². The van der Waals surface area contributed by atoms with E-state index in [9.17, 15) is 18.0 Å². The van der Waals surface area contributed by atoms with Crippen LogP contribution in [0.1, 0.15) is 0 Å². The Kier molecular flexibility index (Phi) is 6.54. The van der Waals surface area contributed by atoms with Gasteiger partial charge in [0.15, 0.2) is 0 Å². The van der Waals surface area contributed by atoms with Gasteiger partial charge in [-0.15, -0.1) is 0 Å². The second kappa shape index (κ2) is 9.20. The number of carbonyl (C=O) groups excluding carboxylic acids is 1. The largest absolute Gasteiger partial charge is 0.469 e. The molecule has 1 amide bonds. The zero-order valence-electron chi connectivity index (χ0n) is 16.7. The quantitative estimate of drug-likeness (QED) is 0.574. The summed E-state index contributed by atoms with van der Waals surface area (Å²) in [4.78, 5) is 41.3. The fraction of sp³-hybridized carbons (Fsp3) is 0.389. The molecule has 2 saturated heterocycles. The summed E-state index contributed by atoms with van der Waals surface area (Å²) in [6.07, 6.45) is 1.34. The number of benzene rings is 1. The van der Waals surface area contributed by atoms with E-state index in [1.54, 1.807) is 0 Å². The standard InChI is InChI=1S/C18H20FN4O7PS/c19-16-7-13(23-10-14(30-18(23)24)11-29-31(25,26)27)1-2-15(16)12-8-20-17(21-9-12)22-3-5-32(28)6-4-22/h1-2,7-9,14H,3-6,10-11H2,(H2,25,26,27)/t14-/m1/s1. The van der Waals surface area contributed by atoms with Gasteiger partial charge in [-0.25, -0.2) is 23.7 Å². The third-order valence-electron chi connectivity index (χ3n) is 4.98. The Hall–Kier alpha value is -2.44. The molecule has 2 fully saturated rings. The fourth-order valence-electron chi connectivity index (χ4n) is 3.37. The van der Waals surface area contributed by atoms with Crippen molar-refractivity contribution in [2.24, 2.45) is 0 Å². The minimum atomic E-state index is -4.69. The first kappa shape index (κ1) is 22.7. The highest BCUT2D eigenvalue weighted by Crippen LogP contribution is 2.37. The fourth-order valence-corrected chi connectivity index (χ4v) is 4.78. The number of carbonyl (C=O) groups is 1. The number of ether oxygens (including phenoxy) is 1. The highest BCUT2D eigenvalue weighted by Gasteiger charge is 2.34. The lowest BCUT2D eigenvalue weighted by Crippen LogP contribution is -2.38. The summed E-state index contributed by atoms with van der Waals surface area (Å²) in [6.45, 7) is 0.669. The molecule has 0 aliphatic carbocycles. The Bertz CT molecular complexity index is 1070. The molecule has 14 heteroatoms. The Morgan fingerprint density at radius 1 is 1.25 bits per heavy atom. The minimum Gasteiger partial charge on any atom is -0.441 e. The van der Waals surface area contributed by atoms with Crippen molar-refractivity contribution < 1.29 is 37.0 Å². The molecular weight excluding hydrogens is 466 g/mol. The Morgan fingerprint density at radius 2 is 1.94 bits per heavy atom. The van der Waals surface area contributed by atoms with E-state index in [0.717, 1.165) is 11.0 Å². The molecule has 4 rings (SSSR count). The lowest BCUT2D eigenvalue weighted by molar-refractivity contribution is 0.0880. The van der Waals surface area contributed by atoms with E-state index in [1.165, 1.54) is 24.5 Å². The lowest BCUT2D eigenvalue weighted by atomic mass is 10.1. The molecule has 2 aliphatic rings. The predicted molar refractivity (Wildman–Crippen MR) is 113 cm³/mol. The maximum atomic E-state index is 14.8. The summed E-state index contributed by atoms with van der Waals surface area (Å²) in [7, 11) is -5.50. The van der Waals surface area contributed by atoms with E-state index in [0.29, 0.717) is 36.1 Å². The van der Waals surface area contributed by atoms with Crippen molar-refractivity contribution in [1.82, 2.24) is 9.97 Å². The average molecular weight is 486 g/mol. The van der Waals surface area contributed by atoms with Crippen molar-refractivity contribution in [3.63, 3.8) is 0 Å². The molecule has 0 spiro atoms. The van der Waals surface area contributed by atoms with Gasteiger partial charge in [0.1, 0.15) is 11.9 Å². The van der Waals surface area contributed by atoms with Gasteiger partial charge >= 0.3 is 13.9 Å². The number of nitrogens with zero attached hydrogens (tertiary/aromatic N) is 4. The van der Waals surface area contributed by atoms with Crippen molar-refractivity contribution >= 4 is 36.4 Å². The number of amides is 1. The van der Waals surface area contributed by atoms with Crippen LogP contribution in [0.25, 0.3) is 11.1 Å². The number of halogens is 1. The highest BCUT2D eigenvalue weighted by molar-refractivity contribution is 7.85. The van der Waals surface area contributed by atoms with Crippen molar-refractivity contribution in [3.8, 4) is 11.1 Å². The second-order valence-corrected chi connectivity index (χ2v) is 10.1. The summed E-state index contributed by atoms with van der Waals surface area (Å²) in [5, 5.41) is 0.